The summed E-state index contributed by atoms with van der Waals surface area (Å²) in [7, 11) is 0. The van der Waals surface area contributed by atoms with Crippen LogP contribution in [-0.4, -0.2) is 23.9 Å². The molecule has 1 atom stereocenters. The van der Waals surface area contributed by atoms with E-state index in [4.69, 9.17) is 10.00 Å². The Morgan fingerprint density at radius 1 is 1.07 bits per heavy atom. The maximum Gasteiger partial charge on any atom is 0.338 e. The van der Waals surface area contributed by atoms with E-state index in [1.807, 2.05) is 5.32 Å². The average Bonchev–Trinajstić information content (AvgIpc) is 2.65. The number of anilines is 2. The van der Waals surface area contributed by atoms with Gasteiger partial charge in [-0.3, -0.25) is 9.59 Å². The molecule has 2 rings (SSSR count). The molecule has 2 aromatic carbocycles. The van der Waals surface area contributed by atoms with Gasteiger partial charge in [0, 0.05) is 5.69 Å². The van der Waals surface area contributed by atoms with Crippen molar-refractivity contribution in [2.75, 3.05) is 10.6 Å². The molecule has 0 radical (unpaired) electrons. The Kier molecular flexibility index (Phi) is 6.76. The first-order valence-electron chi connectivity index (χ1n) is 8.04. The van der Waals surface area contributed by atoms with Gasteiger partial charge in [0.25, 0.3) is 5.91 Å². The van der Waals surface area contributed by atoms with Gasteiger partial charge in [0.2, 0.25) is 5.91 Å². The zero-order valence-corrected chi connectivity index (χ0v) is 14.7. The van der Waals surface area contributed by atoms with Crippen molar-refractivity contribution < 1.29 is 27.9 Å². The van der Waals surface area contributed by atoms with Crippen molar-refractivity contribution in [2.45, 2.75) is 19.4 Å². The highest BCUT2D eigenvalue weighted by Crippen LogP contribution is 2.19. The van der Waals surface area contributed by atoms with E-state index >= 15 is 0 Å². The predicted octanol–water partition coefficient (Wildman–Crippen LogP) is 3.00. The number of ether oxygens (including phenoxy) is 1. The lowest BCUT2D eigenvalue weighted by Crippen LogP contribution is -2.30. The van der Waals surface area contributed by atoms with E-state index in [-0.39, 0.29) is 12.0 Å². The molecule has 0 aliphatic rings. The number of rotatable bonds is 6. The van der Waals surface area contributed by atoms with Crippen LogP contribution in [-0.2, 0) is 14.3 Å². The van der Waals surface area contributed by atoms with Gasteiger partial charge in [0.05, 0.1) is 11.6 Å². The van der Waals surface area contributed by atoms with Crippen LogP contribution in [0.4, 0.5) is 20.2 Å². The molecule has 0 fully saturated rings. The van der Waals surface area contributed by atoms with Gasteiger partial charge in [-0.25, -0.2) is 13.6 Å². The summed E-state index contributed by atoms with van der Waals surface area (Å²) in [5, 5.41) is 12.9. The molecular weight excluding hydrogens is 372 g/mol. The smallest absolute Gasteiger partial charge is 0.338 e. The van der Waals surface area contributed by atoms with Crippen molar-refractivity contribution in [1.29, 1.82) is 5.26 Å². The predicted molar refractivity (Wildman–Crippen MR) is 95.2 cm³/mol. The van der Waals surface area contributed by atoms with Gasteiger partial charge in [-0.1, -0.05) is 6.07 Å². The number of nitriles is 1. The van der Waals surface area contributed by atoms with Gasteiger partial charge in [-0.05, 0) is 43.3 Å². The van der Waals surface area contributed by atoms with E-state index in [1.54, 1.807) is 6.07 Å². The Morgan fingerprint density at radius 2 is 1.68 bits per heavy atom. The van der Waals surface area contributed by atoms with Gasteiger partial charge in [0.1, 0.15) is 23.7 Å². The SMILES string of the molecule is CC(OC(=O)c1ccc(NC(=O)CC#N)cc1)C(=O)Nc1c(F)cccc1F. The molecule has 2 aromatic rings. The van der Waals surface area contributed by atoms with Gasteiger partial charge in [-0.2, -0.15) is 5.26 Å². The molecule has 0 saturated heterocycles. The van der Waals surface area contributed by atoms with E-state index < -0.39 is 41.2 Å². The standard InChI is InChI=1S/C19H15F2N3O4/c1-11(18(26)24-17-14(20)3-2-4-15(17)21)28-19(27)12-5-7-13(8-6-12)23-16(25)9-10-22/h2-8,11H,9H2,1H3,(H,23,25)(H,24,26). The number of nitrogens with zero attached hydrogens (tertiary/aromatic N) is 1. The number of para-hydroxylation sites is 1. The van der Waals surface area contributed by atoms with Crippen molar-refractivity contribution in [3.8, 4) is 6.07 Å². The molecule has 28 heavy (non-hydrogen) atoms. The summed E-state index contributed by atoms with van der Waals surface area (Å²) in [5.74, 6) is -4.16. The molecule has 0 bridgehead atoms. The fraction of sp³-hybridized carbons (Fsp3) is 0.158. The minimum Gasteiger partial charge on any atom is -0.449 e. The third-order valence-corrected chi connectivity index (χ3v) is 3.51. The lowest BCUT2D eigenvalue weighted by atomic mass is 10.2. The first kappa shape index (κ1) is 20.5. The number of nitrogens with one attached hydrogen (secondary N) is 2. The number of amides is 2. The summed E-state index contributed by atoms with van der Waals surface area (Å²) in [6, 6.07) is 10.4. The Bertz CT molecular complexity index is 919. The Morgan fingerprint density at radius 3 is 2.25 bits per heavy atom. The summed E-state index contributed by atoms with van der Waals surface area (Å²) in [6.07, 6.45) is -1.62. The molecule has 0 aliphatic carbocycles. The number of benzene rings is 2. The van der Waals surface area contributed by atoms with Crippen LogP contribution in [0, 0.1) is 23.0 Å². The van der Waals surface area contributed by atoms with E-state index in [0.717, 1.165) is 18.2 Å². The van der Waals surface area contributed by atoms with Gasteiger partial charge >= 0.3 is 5.97 Å². The minimum absolute atomic E-state index is 0.0926. The van der Waals surface area contributed by atoms with Crippen LogP contribution in [0.5, 0.6) is 0 Å². The second-order valence-corrected chi connectivity index (χ2v) is 5.59. The van der Waals surface area contributed by atoms with E-state index in [9.17, 15) is 23.2 Å². The average molecular weight is 387 g/mol. The quantitative estimate of drug-likeness (QED) is 0.741. The molecule has 1 unspecified atom stereocenters. The van der Waals surface area contributed by atoms with Crippen LogP contribution in [0.15, 0.2) is 42.5 Å². The molecule has 0 saturated carbocycles. The molecule has 0 heterocycles. The van der Waals surface area contributed by atoms with Crippen LogP contribution in [0.3, 0.4) is 0 Å². The van der Waals surface area contributed by atoms with E-state index in [1.165, 1.54) is 31.2 Å². The zero-order chi connectivity index (χ0) is 20.7. The Labute approximate surface area is 158 Å². The second-order valence-electron chi connectivity index (χ2n) is 5.59. The lowest BCUT2D eigenvalue weighted by Gasteiger charge is -2.14. The minimum atomic E-state index is -1.32. The van der Waals surface area contributed by atoms with Crippen LogP contribution in [0.25, 0.3) is 0 Å². The molecule has 0 aromatic heterocycles. The topological polar surface area (TPSA) is 108 Å². The van der Waals surface area contributed by atoms with Crippen LogP contribution in [0.2, 0.25) is 0 Å². The summed E-state index contributed by atoms with van der Waals surface area (Å²) < 4.78 is 32.1. The van der Waals surface area contributed by atoms with Crippen LogP contribution >= 0.6 is 0 Å². The highest BCUT2D eigenvalue weighted by Gasteiger charge is 2.21. The lowest BCUT2D eigenvalue weighted by molar-refractivity contribution is -0.123. The molecular formula is C19H15F2N3O4. The highest BCUT2D eigenvalue weighted by molar-refractivity contribution is 5.98. The molecule has 2 N–H and O–H groups in total. The van der Waals surface area contributed by atoms with Gasteiger partial charge in [0.15, 0.2) is 6.10 Å². The number of hydrogen-bond donors (Lipinski definition) is 2. The van der Waals surface area contributed by atoms with Crippen molar-refractivity contribution in [2.24, 2.45) is 0 Å². The maximum atomic E-state index is 13.6. The maximum absolute atomic E-state index is 13.6. The van der Waals surface area contributed by atoms with Gasteiger partial charge < -0.3 is 15.4 Å². The molecule has 144 valence electrons. The molecule has 0 aliphatic heterocycles. The fourth-order valence-electron chi connectivity index (χ4n) is 2.09. The number of hydrogen-bond acceptors (Lipinski definition) is 5. The van der Waals surface area contributed by atoms with Gasteiger partial charge in [-0.15, -0.1) is 0 Å². The third-order valence-electron chi connectivity index (χ3n) is 3.51. The highest BCUT2D eigenvalue weighted by atomic mass is 19.1. The number of carbonyl (C=O) groups is 3. The third kappa shape index (κ3) is 5.35. The number of esters is 1. The van der Waals surface area contributed by atoms with Crippen LogP contribution < -0.4 is 10.6 Å². The zero-order valence-electron chi connectivity index (χ0n) is 14.7. The fourth-order valence-corrected chi connectivity index (χ4v) is 2.09. The first-order valence-corrected chi connectivity index (χ1v) is 8.04. The van der Waals surface area contributed by atoms with Crippen molar-refractivity contribution >= 4 is 29.2 Å². The van der Waals surface area contributed by atoms with Crippen molar-refractivity contribution in [3.05, 3.63) is 59.7 Å². The number of halogens is 2. The van der Waals surface area contributed by atoms with Crippen LogP contribution in [0.1, 0.15) is 23.7 Å². The largest absolute Gasteiger partial charge is 0.449 e. The van der Waals surface area contributed by atoms with E-state index in [2.05, 4.69) is 5.32 Å². The Hall–Kier alpha value is -3.80. The second kappa shape index (κ2) is 9.23. The molecule has 0 spiro atoms. The monoisotopic (exact) mass is 387 g/mol. The summed E-state index contributed by atoms with van der Waals surface area (Å²) >= 11 is 0. The summed E-state index contributed by atoms with van der Waals surface area (Å²) in [4.78, 5) is 35.5. The number of carbonyl (C=O) groups excluding carboxylic acids is 3. The normalized spacial score (nSPS) is 11.1. The Balaban J connectivity index is 1.97. The van der Waals surface area contributed by atoms with Crippen molar-refractivity contribution in [3.63, 3.8) is 0 Å². The molecule has 9 heteroatoms. The molecule has 7 nitrogen and oxygen atoms in total. The first-order chi connectivity index (χ1) is 13.3. The van der Waals surface area contributed by atoms with Crippen molar-refractivity contribution in [1.82, 2.24) is 0 Å². The summed E-state index contributed by atoms with van der Waals surface area (Å²) in [5.41, 5.74) is -0.166. The van der Waals surface area contributed by atoms with E-state index in [0.29, 0.717) is 5.69 Å². The molecule has 2 amide bonds. The summed E-state index contributed by atoms with van der Waals surface area (Å²) in [6.45, 7) is 1.25.